The van der Waals surface area contributed by atoms with Crippen molar-refractivity contribution >= 4 is 46.9 Å². The van der Waals surface area contributed by atoms with Gasteiger partial charge in [0.25, 0.3) is 0 Å². The number of hydrogen-bond acceptors (Lipinski definition) is 1. The fourth-order valence-electron chi connectivity index (χ4n) is 5.50. The molecule has 0 unspecified atom stereocenters. The van der Waals surface area contributed by atoms with E-state index in [9.17, 15) is 0 Å². The van der Waals surface area contributed by atoms with Gasteiger partial charge in [0.1, 0.15) is 0 Å². The van der Waals surface area contributed by atoms with E-state index < -0.39 is 21.3 Å². The summed E-state index contributed by atoms with van der Waals surface area (Å²) in [6, 6.07) is 23.2. The van der Waals surface area contributed by atoms with E-state index in [0.717, 1.165) is 0 Å². The molecule has 0 spiro atoms. The van der Waals surface area contributed by atoms with E-state index in [0.29, 0.717) is 0 Å². The molecule has 0 fully saturated rings. The zero-order chi connectivity index (χ0) is 23.8. The third-order valence-corrected chi connectivity index (χ3v) is 15.2. The summed E-state index contributed by atoms with van der Waals surface area (Å²) in [6.45, 7) is 12.0. The van der Waals surface area contributed by atoms with Crippen LogP contribution in [0.4, 0.5) is 0 Å². The molecule has 2 heterocycles. The van der Waals surface area contributed by atoms with E-state index in [1.54, 1.807) is 9.58 Å². The van der Waals surface area contributed by atoms with Gasteiger partial charge < -0.3 is 0 Å². The summed E-state index contributed by atoms with van der Waals surface area (Å²) in [4.78, 5) is 5.05. The minimum atomic E-state index is -1.90. The second kappa shape index (κ2) is 7.41. The Labute approximate surface area is 202 Å². The van der Waals surface area contributed by atoms with Crippen molar-refractivity contribution in [3.05, 3.63) is 72.4 Å². The Bertz CT molecular complexity index is 1400. The van der Waals surface area contributed by atoms with Gasteiger partial charge in [-0.15, -0.1) is 0 Å². The monoisotopic (exact) mass is 511 g/mol. The normalized spacial score (nSPS) is 14.9. The van der Waals surface area contributed by atoms with Gasteiger partial charge in [-0.25, -0.2) is 0 Å². The van der Waals surface area contributed by atoms with Gasteiger partial charge in [0.2, 0.25) is 0 Å². The maximum absolute atomic E-state index is 5.05. The number of hydrogen-bond donors (Lipinski definition) is 0. The summed E-state index contributed by atoms with van der Waals surface area (Å²) in [5, 5.41) is 5.76. The van der Waals surface area contributed by atoms with E-state index >= 15 is 0 Å². The van der Waals surface area contributed by atoms with Crippen molar-refractivity contribution in [1.29, 1.82) is 0 Å². The molecule has 168 valence electrons. The molecule has 0 aliphatic carbocycles. The van der Waals surface area contributed by atoms with Gasteiger partial charge in [-0.1, -0.05) is 0 Å². The zero-order valence-electron chi connectivity index (χ0n) is 21.3. The second-order valence-electron chi connectivity index (χ2n) is 12.2. The van der Waals surface area contributed by atoms with Crippen LogP contribution in [-0.2, 0) is 5.41 Å². The fourth-order valence-corrected chi connectivity index (χ4v) is 11.6. The van der Waals surface area contributed by atoms with E-state index in [1.165, 1.54) is 43.9 Å². The van der Waals surface area contributed by atoms with Crippen LogP contribution >= 0.6 is 0 Å². The number of nitrogens with zero attached hydrogens (tertiary/aromatic N) is 1. The summed E-state index contributed by atoms with van der Waals surface area (Å²) in [7, 11) is -1.88. The van der Waals surface area contributed by atoms with Crippen molar-refractivity contribution in [3.8, 4) is 22.4 Å². The van der Waals surface area contributed by atoms with Gasteiger partial charge in [0, 0.05) is 0 Å². The van der Waals surface area contributed by atoms with Gasteiger partial charge in [-0.3, -0.25) is 0 Å². The number of pyridine rings is 1. The molecular formula is C30H35GeNSi. The Kier molecular flexibility index (Phi) is 5.08. The van der Waals surface area contributed by atoms with E-state index in [1.807, 2.05) is 6.20 Å². The molecule has 1 nitrogen and oxygen atoms in total. The fraction of sp³-hybridized carbons (Fsp3) is 0.300. The zero-order valence-corrected chi connectivity index (χ0v) is 24.4. The van der Waals surface area contributed by atoms with Gasteiger partial charge in [0.15, 0.2) is 0 Å². The molecule has 0 amide bonds. The van der Waals surface area contributed by atoms with Crippen LogP contribution in [0.15, 0.2) is 66.9 Å². The molecule has 3 aromatic carbocycles. The number of aromatic nitrogens is 1. The third-order valence-electron chi connectivity index (χ3n) is 7.37. The van der Waals surface area contributed by atoms with E-state index in [4.69, 9.17) is 4.98 Å². The molecule has 3 heteroatoms. The Balaban J connectivity index is 1.78. The molecule has 0 saturated carbocycles. The summed E-state index contributed by atoms with van der Waals surface area (Å²) in [6.07, 6.45) is 2.02. The molecule has 33 heavy (non-hydrogen) atoms. The first-order chi connectivity index (χ1) is 15.4. The van der Waals surface area contributed by atoms with Gasteiger partial charge in [-0.05, 0) is 0 Å². The standard InChI is InChI=1S/C30H35GeNSi/c1-30(2,3)26-18-21(17-20-11-9-10-12-23(20)26)28-29-25(15-16-32-28)24-14-13-22(31(4,5)6)19-27(24)33(29,7)8/h9-19H,1-8H3. The third kappa shape index (κ3) is 3.63. The van der Waals surface area contributed by atoms with Crippen molar-refractivity contribution in [2.75, 3.05) is 0 Å². The minimum absolute atomic E-state index is 0.0668. The molecule has 1 aromatic heterocycles. The molecule has 0 bridgehead atoms. The quantitative estimate of drug-likeness (QED) is 0.279. The van der Waals surface area contributed by atoms with Crippen LogP contribution in [0.25, 0.3) is 33.2 Å². The average Bonchev–Trinajstić information content (AvgIpc) is 2.98. The van der Waals surface area contributed by atoms with E-state index in [-0.39, 0.29) is 5.41 Å². The average molecular weight is 510 g/mol. The summed E-state index contributed by atoms with van der Waals surface area (Å²) in [5.41, 5.74) is 6.76. The van der Waals surface area contributed by atoms with Crippen LogP contribution in [0.5, 0.6) is 0 Å². The summed E-state index contributed by atoms with van der Waals surface area (Å²) in [5.74, 6) is 7.48. The molecule has 5 rings (SSSR count). The second-order valence-corrected chi connectivity index (χ2v) is 27.2. The molecule has 0 atom stereocenters. The first-order valence-corrected chi connectivity index (χ1v) is 22.4. The molecule has 0 N–H and O–H groups in total. The van der Waals surface area contributed by atoms with Crippen LogP contribution in [-0.4, -0.2) is 26.3 Å². The molecule has 0 saturated heterocycles. The van der Waals surface area contributed by atoms with Crippen LogP contribution in [0.2, 0.25) is 30.4 Å². The number of fused-ring (bicyclic) bond motifs is 4. The van der Waals surface area contributed by atoms with Gasteiger partial charge in [0.05, 0.1) is 0 Å². The molecule has 0 radical (unpaired) electrons. The van der Waals surface area contributed by atoms with Crippen LogP contribution in [0.3, 0.4) is 0 Å². The first-order valence-electron chi connectivity index (χ1n) is 12.1. The molecule has 1 aliphatic rings. The Morgan fingerprint density at radius 1 is 0.818 bits per heavy atom. The Morgan fingerprint density at radius 2 is 1.55 bits per heavy atom. The molecular weight excluding hydrogens is 475 g/mol. The van der Waals surface area contributed by atoms with Crippen molar-refractivity contribution in [3.63, 3.8) is 0 Å². The van der Waals surface area contributed by atoms with Crippen molar-refractivity contribution in [2.24, 2.45) is 0 Å². The summed E-state index contributed by atoms with van der Waals surface area (Å²) >= 11 is -1.90. The van der Waals surface area contributed by atoms with Gasteiger partial charge in [-0.2, -0.15) is 0 Å². The molecule has 1 aliphatic heterocycles. The van der Waals surface area contributed by atoms with Gasteiger partial charge >= 0.3 is 203 Å². The Hall–Kier alpha value is -2.17. The SMILES string of the molecule is CC(C)(C)c1cc(-c2nccc3c2[Si](C)(C)c2c[c]([Ge]([CH3])([CH3])[CH3])ccc2-3)cc2ccccc12. The predicted octanol–water partition coefficient (Wildman–Crippen LogP) is 6.55. The van der Waals surface area contributed by atoms with Crippen LogP contribution < -0.4 is 14.8 Å². The van der Waals surface area contributed by atoms with Crippen molar-refractivity contribution in [1.82, 2.24) is 4.98 Å². The van der Waals surface area contributed by atoms with Crippen molar-refractivity contribution < 1.29 is 0 Å². The molecule has 4 aromatic rings. The van der Waals surface area contributed by atoms with Crippen LogP contribution in [0, 0.1) is 0 Å². The summed E-state index contributed by atoms with van der Waals surface area (Å²) < 4.78 is 1.61. The first kappa shape index (κ1) is 22.6. The topological polar surface area (TPSA) is 12.9 Å². The van der Waals surface area contributed by atoms with E-state index in [2.05, 4.69) is 112 Å². The number of benzene rings is 3. The van der Waals surface area contributed by atoms with Crippen LogP contribution in [0.1, 0.15) is 26.3 Å². The maximum atomic E-state index is 5.05. The van der Waals surface area contributed by atoms with Crippen molar-refractivity contribution in [2.45, 2.75) is 56.5 Å². The predicted molar refractivity (Wildman–Crippen MR) is 151 cm³/mol. The number of rotatable bonds is 2. The Morgan fingerprint density at radius 3 is 2.24 bits per heavy atom.